The first-order chi connectivity index (χ1) is 11.2. The van der Waals surface area contributed by atoms with Gasteiger partial charge < -0.3 is 4.74 Å². The summed E-state index contributed by atoms with van der Waals surface area (Å²) in [6.45, 7) is 1.14. The second-order valence-corrected chi connectivity index (χ2v) is 6.55. The molecule has 1 fully saturated rings. The van der Waals surface area contributed by atoms with E-state index in [1.807, 2.05) is 29.2 Å². The van der Waals surface area contributed by atoms with Gasteiger partial charge in [0.1, 0.15) is 0 Å². The molecule has 0 radical (unpaired) electrons. The molecule has 4 heteroatoms. The molecule has 3 aliphatic rings. The van der Waals surface area contributed by atoms with Gasteiger partial charge in [-0.25, -0.2) is 0 Å². The second kappa shape index (κ2) is 4.47. The third-order valence-corrected chi connectivity index (χ3v) is 5.26. The maximum absolute atomic E-state index is 12.8. The van der Waals surface area contributed by atoms with Crippen LogP contribution in [0.2, 0.25) is 5.02 Å². The second-order valence-electron chi connectivity index (χ2n) is 6.12. The first kappa shape index (κ1) is 13.3. The highest BCUT2D eigenvalue weighted by molar-refractivity contribution is 6.31. The van der Waals surface area contributed by atoms with Crippen LogP contribution in [0.1, 0.15) is 27.0 Å². The van der Waals surface area contributed by atoms with E-state index < -0.39 is 5.72 Å². The lowest BCUT2D eigenvalue weighted by molar-refractivity contribution is -0.0152. The van der Waals surface area contributed by atoms with Crippen LogP contribution in [0.15, 0.2) is 48.5 Å². The standard InChI is InChI=1S/C19H14ClNO2/c20-13-6-7-15-17(11-13)19(21(18(15)22)9-10-23-19)16-8-5-12-3-1-2-4-14(12)16/h1-4,6-8,11H,5,9-10H2. The Hall–Kier alpha value is -2.10. The summed E-state index contributed by atoms with van der Waals surface area (Å²) in [6, 6.07) is 13.8. The largest absolute Gasteiger partial charge is 0.345 e. The van der Waals surface area contributed by atoms with Gasteiger partial charge in [-0.2, -0.15) is 0 Å². The Morgan fingerprint density at radius 3 is 2.91 bits per heavy atom. The molecule has 1 unspecified atom stereocenters. The lowest BCUT2D eigenvalue weighted by atomic mass is 9.90. The summed E-state index contributed by atoms with van der Waals surface area (Å²) in [5.74, 6) is 0.0273. The quantitative estimate of drug-likeness (QED) is 0.802. The van der Waals surface area contributed by atoms with E-state index in [0.29, 0.717) is 23.7 Å². The SMILES string of the molecule is O=C1c2ccc(Cl)cc2C2(C3=CCc4ccccc43)OCCN12. The van der Waals surface area contributed by atoms with Crippen LogP contribution < -0.4 is 0 Å². The van der Waals surface area contributed by atoms with Gasteiger partial charge in [-0.05, 0) is 35.7 Å². The Balaban J connectivity index is 1.79. The number of nitrogens with zero attached hydrogens (tertiary/aromatic N) is 1. The van der Waals surface area contributed by atoms with Gasteiger partial charge in [-0.3, -0.25) is 9.69 Å². The number of halogens is 1. The van der Waals surface area contributed by atoms with E-state index in [-0.39, 0.29) is 5.91 Å². The van der Waals surface area contributed by atoms with E-state index in [0.717, 1.165) is 17.6 Å². The van der Waals surface area contributed by atoms with Crippen molar-refractivity contribution in [1.82, 2.24) is 4.90 Å². The molecular weight excluding hydrogens is 310 g/mol. The number of benzene rings is 2. The molecule has 2 aromatic carbocycles. The monoisotopic (exact) mass is 323 g/mol. The molecular formula is C19H14ClNO2. The van der Waals surface area contributed by atoms with Gasteiger partial charge in [-0.15, -0.1) is 0 Å². The maximum atomic E-state index is 12.8. The van der Waals surface area contributed by atoms with Crippen molar-refractivity contribution in [2.45, 2.75) is 12.1 Å². The minimum atomic E-state index is -0.816. The summed E-state index contributed by atoms with van der Waals surface area (Å²) in [4.78, 5) is 14.7. The molecule has 2 aromatic rings. The third-order valence-electron chi connectivity index (χ3n) is 5.03. The van der Waals surface area contributed by atoms with Crippen LogP contribution in [0.25, 0.3) is 5.57 Å². The average Bonchev–Trinajstić information content (AvgIpc) is 3.22. The third kappa shape index (κ3) is 1.56. The van der Waals surface area contributed by atoms with Crippen molar-refractivity contribution >= 4 is 23.1 Å². The molecule has 0 saturated carbocycles. The average molecular weight is 324 g/mol. The lowest BCUT2D eigenvalue weighted by Crippen LogP contribution is -2.40. The number of carbonyl (C=O) groups is 1. The van der Waals surface area contributed by atoms with Gasteiger partial charge in [0.15, 0.2) is 5.72 Å². The molecule has 0 aromatic heterocycles. The zero-order valence-corrected chi connectivity index (χ0v) is 13.1. The molecule has 1 atom stereocenters. The number of hydrogen-bond donors (Lipinski definition) is 0. The first-order valence-corrected chi connectivity index (χ1v) is 8.14. The highest BCUT2D eigenvalue weighted by atomic mass is 35.5. The number of ether oxygens (including phenoxy) is 1. The smallest absolute Gasteiger partial charge is 0.257 e. The van der Waals surface area contributed by atoms with E-state index in [4.69, 9.17) is 16.3 Å². The van der Waals surface area contributed by atoms with Crippen LogP contribution in [0.3, 0.4) is 0 Å². The van der Waals surface area contributed by atoms with Crippen LogP contribution in [0.5, 0.6) is 0 Å². The van der Waals surface area contributed by atoms with Crippen molar-refractivity contribution in [3.63, 3.8) is 0 Å². The van der Waals surface area contributed by atoms with Gasteiger partial charge in [-0.1, -0.05) is 41.9 Å². The summed E-state index contributed by atoms with van der Waals surface area (Å²) in [7, 11) is 0. The molecule has 1 saturated heterocycles. The van der Waals surface area contributed by atoms with E-state index in [2.05, 4.69) is 18.2 Å². The Kier molecular flexibility index (Phi) is 2.59. The topological polar surface area (TPSA) is 29.5 Å². The van der Waals surface area contributed by atoms with E-state index in [1.54, 1.807) is 6.07 Å². The molecule has 5 rings (SSSR count). The number of allylic oxidation sites excluding steroid dienone is 1. The van der Waals surface area contributed by atoms with Gasteiger partial charge >= 0.3 is 0 Å². The number of fused-ring (bicyclic) bond motifs is 4. The zero-order chi connectivity index (χ0) is 15.6. The van der Waals surface area contributed by atoms with E-state index >= 15 is 0 Å². The molecule has 1 amide bonds. The summed E-state index contributed by atoms with van der Waals surface area (Å²) in [5, 5.41) is 0.625. The molecule has 23 heavy (non-hydrogen) atoms. The molecule has 2 heterocycles. The van der Waals surface area contributed by atoms with Crippen molar-refractivity contribution < 1.29 is 9.53 Å². The summed E-state index contributed by atoms with van der Waals surface area (Å²) >= 11 is 6.23. The highest BCUT2D eigenvalue weighted by Gasteiger charge is 2.57. The Labute approximate surface area is 139 Å². The molecule has 114 valence electrons. The Morgan fingerprint density at radius 1 is 1.13 bits per heavy atom. The zero-order valence-electron chi connectivity index (χ0n) is 12.4. The van der Waals surface area contributed by atoms with Crippen LogP contribution >= 0.6 is 11.6 Å². The molecule has 2 aliphatic heterocycles. The summed E-state index contributed by atoms with van der Waals surface area (Å²) < 4.78 is 6.24. The molecule has 3 nitrogen and oxygen atoms in total. The van der Waals surface area contributed by atoms with Crippen molar-refractivity contribution in [2.24, 2.45) is 0 Å². The maximum Gasteiger partial charge on any atom is 0.257 e. The van der Waals surface area contributed by atoms with Crippen molar-refractivity contribution in [3.05, 3.63) is 75.8 Å². The lowest BCUT2D eigenvalue weighted by Gasteiger charge is -2.33. The molecule has 0 N–H and O–H groups in total. The molecule has 1 aliphatic carbocycles. The molecule has 0 bridgehead atoms. The van der Waals surface area contributed by atoms with Crippen molar-refractivity contribution in [1.29, 1.82) is 0 Å². The minimum absolute atomic E-state index is 0.0273. The Bertz CT molecular complexity index is 889. The van der Waals surface area contributed by atoms with Crippen LogP contribution in [0, 0.1) is 0 Å². The van der Waals surface area contributed by atoms with E-state index in [9.17, 15) is 4.79 Å². The molecule has 0 spiro atoms. The fourth-order valence-corrected chi connectivity index (χ4v) is 4.26. The van der Waals surface area contributed by atoms with Crippen LogP contribution in [-0.4, -0.2) is 24.0 Å². The van der Waals surface area contributed by atoms with Crippen LogP contribution in [-0.2, 0) is 16.9 Å². The number of rotatable bonds is 1. The van der Waals surface area contributed by atoms with Crippen molar-refractivity contribution in [3.8, 4) is 0 Å². The summed E-state index contributed by atoms with van der Waals surface area (Å²) in [6.07, 6.45) is 3.06. The first-order valence-electron chi connectivity index (χ1n) is 7.77. The highest BCUT2D eigenvalue weighted by Crippen LogP contribution is 2.53. The van der Waals surface area contributed by atoms with Gasteiger partial charge in [0.2, 0.25) is 0 Å². The van der Waals surface area contributed by atoms with Crippen LogP contribution in [0.4, 0.5) is 0 Å². The van der Waals surface area contributed by atoms with Gasteiger partial charge in [0.05, 0.1) is 6.61 Å². The predicted octanol–water partition coefficient (Wildman–Crippen LogP) is 3.62. The predicted molar refractivity (Wildman–Crippen MR) is 88.2 cm³/mol. The minimum Gasteiger partial charge on any atom is -0.345 e. The van der Waals surface area contributed by atoms with Gasteiger partial charge in [0, 0.05) is 28.3 Å². The van der Waals surface area contributed by atoms with Crippen molar-refractivity contribution in [2.75, 3.05) is 13.2 Å². The number of amides is 1. The van der Waals surface area contributed by atoms with E-state index in [1.165, 1.54) is 11.1 Å². The Morgan fingerprint density at radius 2 is 2.00 bits per heavy atom. The fourth-order valence-electron chi connectivity index (χ4n) is 4.09. The normalized spacial score (nSPS) is 24.5. The number of carbonyl (C=O) groups excluding carboxylic acids is 1. The number of hydrogen-bond acceptors (Lipinski definition) is 2. The summed E-state index contributed by atoms with van der Waals surface area (Å²) in [5.41, 5.74) is 4.26. The fraction of sp³-hybridized carbons (Fsp3) is 0.211. The van der Waals surface area contributed by atoms with Gasteiger partial charge in [0.25, 0.3) is 5.91 Å².